The van der Waals surface area contributed by atoms with Gasteiger partial charge in [0, 0.05) is 41.5 Å². The van der Waals surface area contributed by atoms with Crippen molar-refractivity contribution in [1.82, 2.24) is 4.98 Å². The van der Waals surface area contributed by atoms with Crippen molar-refractivity contribution in [3.05, 3.63) is 70.4 Å². The number of hydrogen-bond donors (Lipinski definition) is 2. The van der Waals surface area contributed by atoms with Crippen LogP contribution in [0.4, 0.5) is 11.4 Å². The Morgan fingerprint density at radius 2 is 1.86 bits per heavy atom. The van der Waals surface area contributed by atoms with Gasteiger partial charge in [0.2, 0.25) is 0 Å². The van der Waals surface area contributed by atoms with Crippen molar-refractivity contribution in [3.63, 3.8) is 0 Å². The predicted octanol–water partition coefficient (Wildman–Crippen LogP) is 3.73. The Balaban J connectivity index is 1.62. The van der Waals surface area contributed by atoms with Crippen molar-refractivity contribution in [1.29, 1.82) is 0 Å². The number of nitrogens with one attached hydrogen (secondary N) is 2. The lowest BCUT2D eigenvalue weighted by Gasteiger charge is -2.05. The Labute approximate surface area is 121 Å². The lowest BCUT2D eigenvalue weighted by molar-refractivity contribution is -0.384. The molecule has 1 aromatic heterocycles. The fourth-order valence-electron chi connectivity index (χ4n) is 2.38. The summed E-state index contributed by atoms with van der Waals surface area (Å²) in [5.41, 5.74) is 3.40. The van der Waals surface area contributed by atoms with E-state index in [2.05, 4.69) is 22.4 Å². The van der Waals surface area contributed by atoms with Gasteiger partial charge in [-0.2, -0.15) is 0 Å². The molecule has 0 aliphatic carbocycles. The van der Waals surface area contributed by atoms with Gasteiger partial charge in [0.25, 0.3) is 5.69 Å². The van der Waals surface area contributed by atoms with Crippen molar-refractivity contribution >= 4 is 22.3 Å². The summed E-state index contributed by atoms with van der Waals surface area (Å²) in [5, 5.41) is 15.1. The van der Waals surface area contributed by atoms with Gasteiger partial charge in [-0.05, 0) is 30.2 Å². The Morgan fingerprint density at radius 1 is 1.10 bits per heavy atom. The highest BCUT2D eigenvalue weighted by Gasteiger charge is 2.04. The largest absolute Gasteiger partial charge is 0.385 e. The highest BCUT2D eigenvalue weighted by molar-refractivity contribution is 5.83. The first kappa shape index (κ1) is 13.2. The van der Waals surface area contributed by atoms with Crippen LogP contribution in [0.15, 0.2) is 54.7 Å². The van der Waals surface area contributed by atoms with Gasteiger partial charge in [-0.25, -0.2) is 0 Å². The van der Waals surface area contributed by atoms with Crippen LogP contribution in [0.25, 0.3) is 10.9 Å². The van der Waals surface area contributed by atoms with Gasteiger partial charge in [-0.3, -0.25) is 10.1 Å². The smallest absolute Gasteiger partial charge is 0.269 e. The van der Waals surface area contributed by atoms with Gasteiger partial charge in [0.05, 0.1) is 4.92 Å². The summed E-state index contributed by atoms with van der Waals surface area (Å²) < 4.78 is 0. The zero-order valence-electron chi connectivity index (χ0n) is 11.4. The Hall–Kier alpha value is -2.82. The molecule has 5 nitrogen and oxygen atoms in total. The molecule has 5 heteroatoms. The summed E-state index contributed by atoms with van der Waals surface area (Å²) in [7, 11) is 0. The summed E-state index contributed by atoms with van der Waals surface area (Å²) in [4.78, 5) is 13.4. The lowest BCUT2D eigenvalue weighted by atomic mass is 10.1. The van der Waals surface area contributed by atoms with Crippen LogP contribution in [0.3, 0.4) is 0 Å². The minimum absolute atomic E-state index is 0.108. The van der Waals surface area contributed by atoms with Crippen LogP contribution in [0, 0.1) is 10.1 Å². The van der Waals surface area contributed by atoms with Gasteiger partial charge < -0.3 is 10.3 Å². The molecule has 0 atom stereocenters. The van der Waals surface area contributed by atoms with E-state index in [1.807, 2.05) is 18.3 Å². The quantitative estimate of drug-likeness (QED) is 0.553. The molecule has 0 aliphatic rings. The first-order chi connectivity index (χ1) is 10.2. The molecular formula is C16H15N3O2. The van der Waals surface area contributed by atoms with Crippen LogP contribution < -0.4 is 5.32 Å². The number of nitrogens with zero attached hydrogens (tertiary/aromatic N) is 1. The van der Waals surface area contributed by atoms with Gasteiger partial charge in [-0.15, -0.1) is 0 Å². The zero-order chi connectivity index (χ0) is 14.7. The van der Waals surface area contributed by atoms with Crippen LogP contribution in [0.2, 0.25) is 0 Å². The average molecular weight is 281 g/mol. The van der Waals surface area contributed by atoms with Crippen molar-refractivity contribution in [2.24, 2.45) is 0 Å². The fourth-order valence-corrected chi connectivity index (χ4v) is 2.38. The number of H-pyrrole nitrogens is 1. The van der Waals surface area contributed by atoms with Gasteiger partial charge in [0.1, 0.15) is 0 Å². The zero-order valence-corrected chi connectivity index (χ0v) is 11.4. The maximum atomic E-state index is 10.6. The summed E-state index contributed by atoms with van der Waals surface area (Å²) in [6.07, 6.45) is 2.92. The third-order valence-electron chi connectivity index (χ3n) is 3.48. The second-order valence-corrected chi connectivity index (χ2v) is 4.84. The van der Waals surface area contributed by atoms with Crippen molar-refractivity contribution in [2.45, 2.75) is 6.42 Å². The number of nitro benzene ring substituents is 1. The number of anilines is 1. The van der Waals surface area contributed by atoms with Crippen LogP contribution in [0.1, 0.15) is 5.56 Å². The van der Waals surface area contributed by atoms with E-state index in [1.54, 1.807) is 12.1 Å². The van der Waals surface area contributed by atoms with Gasteiger partial charge in [0.15, 0.2) is 0 Å². The average Bonchev–Trinajstić information content (AvgIpc) is 2.91. The van der Waals surface area contributed by atoms with E-state index < -0.39 is 4.92 Å². The van der Waals surface area contributed by atoms with Crippen LogP contribution >= 0.6 is 0 Å². The van der Waals surface area contributed by atoms with E-state index in [0.717, 1.165) is 24.2 Å². The number of aromatic nitrogens is 1. The van der Waals surface area contributed by atoms with Gasteiger partial charge >= 0.3 is 0 Å². The second-order valence-electron chi connectivity index (χ2n) is 4.84. The molecule has 106 valence electrons. The molecule has 0 aliphatic heterocycles. The molecule has 2 N–H and O–H groups in total. The van der Waals surface area contributed by atoms with Crippen LogP contribution in [-0.2, 0) is 6.42 Å². The molecule has 0 unspecified atom stereocenters. The molecule has 21 heavy (non-hydrogen) atoms. The monoisotopic (exact) mass is 281 g/mol. The summed E-state index contributed by atoms with van der Waals surface area (Å²) in [5.74, 6) is 0. The predicted molar refractivity (Wildman–Crippen MR) is 83.6 cm³/mol. The van der Waals surface area contributed by atoms with Crippen molar-refractivity contribution < 1.29 is 4.92 Å². The molecule has 0 radical (unpaired) electrons. The molecule has 3 aromatic rings. The second kappa shape index (κ2) is 5.66. The third kappa shape index (κ3) is 2.86. The van der Waals surface area contributed by atoms with E-state index in [4.69, 9.17) is 0 Å². The van der Waals surface area contributed by atoms with Crippen LogP contribution in [0.5, 0.6) is 0 Å². The highest BCUT2D eigenvalue weighted by atomic mass is 16.6. The molecule has 1 heterocycles. The molecule has 0 spiro atoms. The summed E-state index contributed by atoms with van der Waals surface area (Å²) in [6, 6.07) is 14.7. The van der Waals surface area contributed by atoms with E-state index in [-0.39, 0.29) is 5.69 Å². The standard InChI is InChI=1S/C16H15N3O2/c20-19(21)14-7-5-13(6-8-14)17-10-9-12-11-18-16-4-2-1-3-15(12)16/h1-8,11,17-18H,9-10H2. The molecule has 0 saturated carbocycles. The minimum atomic E-state index is -0.393. The molecule has 2 aromatic carbocycles. The third-order valence-corrected chi connectivity index (χ3v) is 3.48. The Kier molecular flexibility index (Phi) is 3.55. The van der Waals surface area contributed by atoms with E-state index in [1.165, 1.54) is 23.1 Å². The Morgan fingerprint density at radius 3 is 2.62 bits per heavy atom. The number of aromatic amines is 1. The topological polar surface area (TPSA) is 71.0 Å². The molecular weight excluding hydrogens is 266 g/mol. The SMILES string of the molecule is O=[N+]([O-])c1ccc(NCCc2c[nH]c3ccccc23)cc1. The number of fused-ring (bicyclic) bond motifs is 1. The van der Waals surface area contributed by atoms with E-state index >= 15 is 0 Å². The number of hydrogen-bond acceptors (Lipinski definition) is 3. The summed E-state index contributed by atoms with van der Waals surface area (Å²) >= 11 is 0. The number of non-ortho nitro benzene ring substituents is 1. The van der Waals surface area contributed by atoms with Crippen molar-refractivity contribution in [2.75, 3.05) is 11.9 Å². The number of nitro groups is 1. The molecule has 3 rings (SSSR count). The Bertz CT molecular complexity index is 763. The molecule has 0 bridgehead atoms. The molecule has 0 saturated heterocycles. The normalized spacial score (nSPS) is 10.7. The first-order valence-corrected chi connectivity index (χ1v) is 6.77. The number of benzene rings is 2. The highest BCUT2D eigenvalue weighted by Crippen LogP contribution is 2.19. The fraction of sp³-hybridized carbons (Fsp3) is 0.125. The van der Waals surface area contributed by atoms with E-state index in [0.29, 0.717) is 0 Å². The lowest BCUT2D eigenvalue weighted by Crippen LogP contribution is -2.04. The first-order valence-electron chi connectivity index (χ1n) is 6.77. The number of rotatable bonds is 5. The van der Waals surface area contributed by atoms with Gasteiger partial charge in [-0.1, -0.05) is 18.2 Å². The minimum Gasteiger partial charge on any atom is -0.385 e. The van der Waals surface area contributed by atoms with Crippen molar-refractivity contribution in [3.8, 4) is 0 Å². The van der Waals surface area contributed by atoms with Crippen LogP contribution in [-0.4, -0.2) is 16.5 Å². The maximum absolute atomic E-state index is 10.6. The molecule has 0 fully saturated rings. The number of para-hydroxylation sites is 1. The maximum Gasteiger partial charge on any atom is 0.269 e. The molecule has 0 amide bonds. The van der Waals surface area contributed by atoms with E-state index in [9.17, 15) is 10.1 Å². The summed E-state index contributed by atoms with van der Waals surface area (Å²) in [6.45, 7) is 0.777.